The van der Waals surface area contributed by atoms with Crippen molar-refractivity contribution in [3.63, 3.8) is 0 Å². The summed E-state index contributed by atoms with van der Waals surface area (Å²) in [5.41, 5.74) is 26.9. The lowest BCUT2D eigenvalue weighted by Crippen LogP contribution is -2.30. The number of rotatable bonds is 6. The third kappa shape index (κ3) is 5.32. The van der Waals surface area contributed by atoms with Crippen LogP contribution in [0, 0.1) is 0 Å². The Morgan fingerprint density at radius 2 is 0.565 bits per heavy atom. The van der Waals surface area contributed by atoms with Crippen LogP contribution in [0.5, 0.6) is 0 Å². The number of nitrogens with zero attached hydrogens (tertiary/aromatic N) is 2. The topological polar surface area (TPSA) is 6.48 Å². The number of anilines is 6. The van der Waals surface area contributed by atoms with Crippen LogP contribution in [-0.2, 0) is 16.2 Å². The quantitative estimate of drug-likeness (QED) is 0.164. The van der Waals surface area contributed by atoms with Crippen molar-refractivity contribution in [3.8, 4) is 44.5 Å². The Morgan fingerprint density at radius 1 is 0.246 bits per heavy atom. The Kier molecular flexibility index (Phi) is 8.33. The largest absolute Gasteiger partial charge is 0.310 e. The zero-order valence-corrected chi connectivity index (χ0v) is 39.3. The van der Waals surface area contributed by atoms with Crippen molar-refractivity contribution >= 4 is 34.1 Å². The Labute approximate surface area is 405 Å². The van der Waals surface area contributed by atoms with Gasteiger partial charge in [-0.05, 0) is 139 Å². The SMILES string of the molecule is CC1(C)c2ccccc2-c2ccc(N(c3ccccc3)c3cccc4c3C3(c5ccccc5-4)c4ccccc4-c4cccc(N(c5ccccc5)c5ccc6c(c5)C(C)(C)c5ccccc5-6)c43)cc21. The molecular weight excluding hydrogens is 833 g/mol. The minimum Gasteiger partial charge on any atom is -0.310 e. The van der Waals surface area contributed by atoms with E-state index in [0.29, 0.717) is 0 Å². The van der Waals surface area contributed by atoms with Crippen molar-refractivity contribution in [2.24, 2.45) is 0 Å². The zero-order valence-electron chi connectivity index (χ0n) is 39.3. The second kappa shape index (κ2) is 14.4. The van der Waals surface area contributed by atoms with Gasteiger partial charge >= 0.3 is 0 Å². The van der Waals surface area contributed by atoms with Crippen LogP contribution < -0.4 is 9.80 Å². The molecule has 10 aromatic carbocycles. The molecule has 1 spiro atoms. The maximum Gasteiger partial charge on any atom is 0.0766 e. The van der Waals surface area contributed by atoms with E-state index in [1.807, 2.05) is 0 Å². The van der Waals surface area contributed by atoms with Crippen molar-refractivity contribution in [2.75, 3.05) is 9.80 Å². The van der Waals surface area contributed by atoms with Crippen LogP contribution in [0.15, 0.2) is 231 Å². The maximum atomic E-state index is 2.55. The predicted molar refractivity (Wildman–Crippen MR) is 287 cm³/mol. The molecule has 2 nitrogen and oxygen atoms in total. The maximum absolute atomic E-state index is 2.55. The average Bonchev–Trinajstić information content (AvgIpc) is 4.03. The molecule has 0 amide bonds. The molecule has 328 valence electrons. The Hall–Kier alpha value is -8.20. The van der Waals surface area contributed by atoms with Gasteiger partial charge in [-0.2, -0.15) is 0 Å². The van der Waals surface area contributed by atoms with Gasteiger partial charge in [-0.3, -0.25) is 0 Å². The van der Waals surface area contributed by atoms with E-state index in [9.17, 15) is 0 Å². The van der Waals surface area contributed by atoms with Crippen LogP contribution in [-0.4, -0.2) is 0 Å². The van der Waals surface area contributed by atoms with E-state index in [0.717, 1.165) is 22.7 Å². The van der Waals surface area contributed by atoms with Crippen molar-refractivity contribution < 1.29 is 0 Å². The molecule has 0 atom stereocenters. The minimum atomic E-state index is -0.691. The first-order valence-corrected chi connectivity index (χ1v) is 24.4. The van der Waals surface area contributed by atoms with Gasteiger partial charge in [-0.1, -0.05) is 198 Å². The first-order chi connectivity index (χ1) is 33.8. The standard InChI is InChI=1S/C67H50N2/c1-65(2)55-31-15-11-25-47(55)51-39-37-45(41-59(51)65)68(43-21-7-5-8-22-43)61-35-19-29-53-49-27-13-17-33-57(49)67(63(53)61)58-34-18-14-28-50(58)54-30-20-36-62(64(54)67)69(44-23-9-6-10-24-44)46-38-40-52-48-26-12-16-32-56(48)66(3,4)60(52)42-46/h5-42H,1-4H3. The summed E-state index contributed by atoms with van der Waals surface area (Å²) < 4.78 is 0. The summed E-state index contributed by atoms with van der Waals surface area (Å²) in [6.07, 6.45) is 0. The Balaban J connectivity index is 1.07. The highest BCUT2D eigenvalue weighted by molar-refractivity contribution is 6.03. The van der Waals surface area contributed by atoms with Crippen molar-refractivity contribution in [3.05, 3.63) is 275 Å². The fraction of sp³-hybridized carbons (Fsp3) is 0.104. The molecule has 14 rings (SSSR count). The highest BCUT2D eigenvalue weighted by atomic mass is 15.2. The molecule has 2 heteroatoms. The van der Waals surface area contributed by atoms with Gasteiger partial charge in [-0.25, -0.2) is 0 Å². The second-order valence-corrected chi connectivity index (χ2v) is 20.4. The highest BCUT2D eigenvalue weighted by Gasteiger charge is 2.55. The zero-order chi connectivity index (χ0) is 46.2. The van der Waals surface area contributed by atoms with Gasteiger partial charge in [0.25, 0.3) is 0 Å². The van der Waals surface area contributed by atoms with Gasteiger partial charge in [0, 0.05) is 44.7 Å². The monoisotopic (exact) mass is 882 g/mol. The van der Waals surface area contributed by atoms with Gasteiger partial charge in [0.1, 0.15) is 0 Å². The summed E-state index contributed by atoms with van der Waals surface area (Å²) in [6, 6.07) is 86.9. The van der Waals surface area contributed by atoms with Crippen LogP contribution >= 0.6 is 0 Å². The van der Waals surface area contributed by atoms with E-state index < -0.39 is 5.41 Å². The van der Waals surface area contributed by atoms with Crippen molar-refractivity contribution in [1.29, 1.82) is 0 Å². The molecule has 0 unspecified atom stereocenters. The second-order valence-electron chi connectivity index (χ2n) is 20.4. The van der Waals surface area contributed by atoms with Gasteiger partial charge in [-0.15, -0.1) is 0 Å². The molecular formula is C67H50N2. The molecule has 0 saturated heterocycles. The number of hydrogen-bond acceptors (Lipinski definition) is 2. The summed E-state index contributed by atoms with van der Waals surface area (Å²) in [5, 5.41) is 0. The van der Waals surface area contributed by atoms with Crippen LogP contribution in [0.1, 0.15) is 72.2 Å². The van der Waals surface area contributed by atoms with E-state index in [2.05, 4.69) is 268 Å². The number of benzene rings is 10. The van der Waals surface area contributed by atoms with Gasteiger partial charge in [0.15, 0.2) is 0 Å². The molecule has 0 fully saturated rings. The highest BCUT2D eigenvalue weighted by Crippen LogP contribution is 2.68. The third-order valence-corrected chi connectivity index (χ3v) is 16.2. The molecule has 69 heavy (non-hydrogen) atoms. The third-order valence-electron chi connectivity index (χ3n) is 16.2. The lowest BCUT2D eigenvalue weighted by molar-refractivity contribution is 0.660. The average molecular weight is 883 g/mol. The van der Waals surface area contributed by atoms with Gasteiger partial charge in [0.05, 0.1) is 16.8 Å². The summed E-state index contributed by atoms with van der Waals surface area (Å²) in [5.74, 6) is 0. The van der Waals surface area contributed by atoms with E-state index in [1.54, 1.807) is 0 Å². The normalized spacial score (nSPS) is 15.0. The van der Waals surface area contributed by atoms with Crippen molar-refractivity contribution in [2.45, 2.75) is 43.9 Å². The molecule has 0 aromatic heterocycles. The summed E-state index contributed by atoms with van der Waals surface area (Å²) >= 11 is 0. The van der Waals surface area contributed by atoms with Crippen LogP contribution in [0.2, 0.25) is 0 Å². The molecule has 4 aliphatic carbocycles. The smallest absolute Gasteiger partial charge is 0.0766 e. The molecule has 0 bridgehead atoms. The lowest BCUT2D eigenvalue weighted by atomic mass is 9.69. The predicted octanol–water partition coefficient (Wildman–Crippen LogP) is 17.6. The number of hydrogen-bond donors (Lipinski definition) is 0. The van der Waals surface area contributed by atoms with E-state index in [1.165, 1.54) is 100 Å². The van der Waals surface area contributed by atoms with Crippen molar-refractivity contribution in [1.82, 2.24) is 0 Å². The van der Waals surface area contributed by atoms with Crippen LogP contribution in [0.25, 0.3) is 44.5 Å². The summed E-state index contributed by atoms with van der Waals surface area (Å²) in [7, 11) is 0. The Morgan fingerprint density at radius 3 is 0.971 bits per heavy atom. The molecule has 0 radical (unpaired) electrons. The number of fused-ring (bicyclic) bond motifs is 16. The van der Waals surface area contributed by atoms with Gasteiger partial charge in [0.2, 0.25) is 0 Å². The van der Waals surface area contributed by atoms with E-state index in [4.69, 9.17) is 0 Å². The van der Waals surface area contributed by atoms with Crippen LogP contribution in [0.3, 0.4) is 0 Å². The summed E-state index contributed by atoms with van der Waals surface area (Å²) in [6.45, 7) is 9.53. The van der Waals surface area contributed by atoms with E-state index >= 15 is 0 Å². The summed E-state index contributed by atoms with van der Waals surface area (Å²) in [4.78, 5) is 5.09. The fourth-order valence-corrected chi connectivity index (χ4v) is 13.3. The fourth-order valence-electron chi connectivity index (χ4n) is 13.3. The first kappa shape index (κ1) is 39.9. The van der Waals surface area contributed by atoms with Crippen LogP contribution in [0.4, 0.5) is 34.1 Å². The molecule has 0 N–H and O–H groups in total. The molecule has 10 aromatic rings. The molecule has 0 saturated carbocycles. The number of para-hydroxylation sites is 2. The van der Waals surface area contributed by atoms with E-state index in [-0.39, 0.29) is 10.8 Å². The first-order valence-electron chi connectivity index (χ1n) is 24.4. The van der Waals surface area contributed by atoms with Gasteiger partial charge < -0.3 is 9.80 Å². The minimum absolute atomic E-state index is 0.158. The molecule has 4 aliphatic rings. The molecule has 0 heterocycles. The molecule has 0 aliphatic heterocycles. The Bertz CT molecular complexity index is 3500. The lowest BCUT2D eigenvalue weighted by Gasteiger charge is -2.38.